The second-order valence-corrected chi connectivity index (χ2v) is 5.95. The number of esters is 1. The molecule has 25 heavy (non-hydrogen) atoms. The predicted molar refractivity (Wildman–Crippen MR) is 95.2 cm³/mol. The van der Waals surface area contributed by atoms with Gasteiger partial charge in [0.1, 0.15) is 6.54 Å². The Bertz CT molecular complexity index is 910. The third kappa shape index (κ3) is 4.23. The van der Waals surface area contributed by atoms with E-state index in [1.54, 1.807) is 10.9 Å². The van der Waals surface area contributed by atoms with Gasteiger partial charge in [-0.15, -0.1) is 0 Å². The summed E-state index contributed by atoms with van der Waals surface area (Å²) >= 11 is 0. The van der Waals surface area contributed by atoms with Gasteiger partial charge in [0.15, 0.2) is 6.61 Å². The molecule has 1 aromatic heterocycles. The summed E-state index contributed by atoms with van der Waals surface area (Å²) in [5.41, 5.74) is 4.46. The SMILES string of the molecule is Cc1cc(C)cc(NC(=O)COC(=O)Cn2cnc3ccccc32)c1. The lowest BCUT2D eigenvalue weighted by atomic mass is 10.1. The fourth-order valence-corrected chi connectivity index (χ4v) is 2.71. The van der Waals surface area contributed by atoms with E-state index in [-0.39, 0.29) is 19.1 Å². The van der Waals surface area contributed by atoms with E-state index in [0.717, 1.165) is 22.2 Å². The summed E-state index contributed by atoms with van der Waals surface area (Å²) in [6, 6.07) is 13.3. The van der Waals surface area contributed by atoms with Crippen molar-refractivity contribution in [2.45, 2.75) is 20.4 Å². The lowest BCUT2D eigenvalue weighted by molar-refractivity contribution is -0.147. The largest absolute Gasteiger partial charge is 0.454 e. The Hall–Kier alpha value is -3.15. The van der Waals surface area contributed by atoms with Gasteiger partial charge in [-0.1, -0.05) is 18.2 Å². The number of aryl methyl sites for hydroxylation is 2. The number of para-hydroxylation sites is 2. The Morgan fingerprint density at radius 2 is 1.84 bits per heavy atom. The predicted octanol–water partition coefficient (Wildman–Crippen LogP) is 2.84. The molecule has 0 aliphatic rings. The van der Waals surface area contributed by atoms with Crippen LogP contribution in [0.3, 0.4) is 0 Å². The van der Waals surface area contributed by atoms with Crippen molar-refractivity contribution in [3.63, 3.8) is 0 Å². The molecule has 3 aromatic rings. The van der Waals surface area contributed by atoms with Crippen LogP contribution in [-0.4, -0.2) is 28.0 Å². The van der Waals surface area contributed by atoms with Crippen LogP contribution in [0.4, 0.5) is 5.69 Å². The highest BCUT2D eigenvalue weighted by Crippen LogP contribution is 2.14. The molecule has 0 aliphatic carbocycles. The van der Waals surface area contributed by atoms with Crippen molar-refractivity contribution in [2.75, 3.05) is 11.9 Å². The second-order valence-electron chi connectivity index (χ2n) is 5.95. The molecule has 2 aromatic carbocycles. The van der Waals surface area contributed by atoms with Crippen LogP contribution in [0, 0.1) is 13.8 Å². The van der Waals surface area contributed by atoms with Crippen LogP contribution in [0.25, 0.3) is 11.0 Å². The first-order valence-electron chi connectivity index (χ1n) is 7.95. The minimum atomic E-state index is -0.487. The highest BCUT2D eigenvalue weighted by Gasteiger charge is 2.11. The molecule has 0 unspecified atom stereocenters. The van der Waals surface area contributed by atoms with Gasteiger partial charge in [-0.05, 0) is 49.2 Å². The highest BCUT2D eigenvalue weighted by molar-refractivity contribution is 5.93. The molecule has 0 saturated carbocycles. The third-order valence-corrected chi connectivity index (χ3v) is 3.70. The van der Waals surface area contributed by atoms with E-state index in [1.807, 2.05) is 56.3 Å². The normalized spacial score (nSPS) is 10.6. The standard InChI is InChI=1S/C19H19N3O3/c1-13-7-14(2)9-15(8-13)21-18(23)11-25-19(24)10-22-12-20-16-5-3-4-6-17(16)22/h3-9,12H,10-11H2,1-2H3,(H,21,23). The molecule has 0 spiro atoms. The van der Waals surface area contributed by atoms with Gasteiger partial charge in [-0.2, -0.15) is 0 Å². The molecule has 1 heterocycles. The molecule has 1 amide bonds. The first-order valence-corrected chi connectivity index (χ1v) is 7.95. The molecule has 0 radical (unpaired) electrons. The quantitative estimate of drug-likeness (QED) is 0.727. The minimum Gasteiger partial charge on any atom is -0.454 e. The number of imidazole rings is 1. The van der Waals surface area contributed by atoms with Crippen LogP contribution >= 0.6 is 0 Å². The maximum Gasteiger partial charge on any atom is 0.326 e. The lowest BCUT2D eigenvalue weighted by Gasteiger charge is -2.09. The molecule has 0 saturated heterocycles. The highest BCUT2D eigenvalue weighted by atomic mass is 16.5. The van der Waals surface area contributed by atoms with Crippen molar-refractivity contribution in [3.8, 4) is 0 Å². The number of anilines is 1. The summed E-state index contributed by atoms with van der Waals surface area (Å²) in [7, 11) is 0. The van der Waals surface area contributed by atoms with E-state index in [2.05, 4.69) is 10.3 Å². The van der Waals surface area contributed by atoms with Gasteiger partial charge in [-0.25, -0.2) is 4.98 Å². The van der Waals surface area contributed by atoms with Crippen molar-refractivity contribution in [3.05, 3.63) is 59.9 Å². The monoisotopic (exact) mass is 337 g/mol. The molecular weight excluding hydrogens is 318 g/mol. The molecule has 0 bridgehead atoms. The van der Waals surface area contributed by atoms with E-state index < -0.39 is 5.97 Å². The van der Waals surface area contributed by atoms with E-state index in [1.165, 1.54) is 0 Å². The number of nitrogens with zero attached hydrogens (tertiary/aromatic N) is 2. The van der Waals surface area contributed by atoms with Gasteiger partial charge in [-0.3, -0.25) is 9.59 Å². The maximum absolute atomic E-state index is 12.0. The van der Waals surface area contributed by atoms with Crippen molar-refractivity contribution in [2.24, 2.45) is 0 Å². The zero-order valence-electron chi connectivity index (χ0n) is 14.2. The van der Waals surface area contributed by atoms with Crippen molar-refractivity contribution in [1.82, 2.24) is 9.55 Å². The number of nitrogens with one attached hydrogen (secondary N) is 1. The minimum absolute atomic E-state index is 0.0113. The molecule has 0 atom stereocenters. The number of rotatable bonds is 5. The number of aromatic nitrogens is 2. The number of hydrogen-bond acceptors (Lipinski definition) is 4. The molecular formula is C19H19N3O3. The van der Waals surface area contributed by atoms with Crippen LogP contribution in [0.15, 0.2) is 48.8 Å². The fraction of sp³-hybridized carbons (Fsp3) is 0.211. The van der Waals surface area contributed by atoms with Crippen molar-refractivity contribution < 1.29 is 14.3 Å². The number of carbonyl (C=O) groups is 2. The summed E-state index contributed by atoms with van der Waals surface area (Å²) < 4.78 is 6.75. The maximum atomic E-state index is 12.0. The van der Waals surface area contributed by atoms with E-state index in [0.29, 0.717) is 5.69 Å². The average Bonchev–Trinajstić information content (AvgIpc) is 2.95. The van der Waals surface area contributed by atoms with Gasteiger partial charge in [0.05, 0.1) is 17.4 Å². The average molecular weight is 337 g/mol. The summed E-state index contributed by atoms with van der Waals surface area (Å²) in [5.74, 6) is -0.854. The molecule has 1 N–H and O–H groups in total. The molecule has 3 rings (SSSR count). The number of hydrogen-bond donors (Lipinski definition) is 1. The van der Waals surface area contributed by atoms with E-state index in [9.17, 15) is 9.59 Å². The van der Waals surface area contributed by atoms with Gasteiger partial charge in [0.2, 0.25) is 0 Å². The van der Waals surface area contributed by atoms with Crippen LogP contribution < -0.4 is 5.32 Å². The van der Waals surface area contributed by atoms with Gasteiger partial charge in [0, 0.05) is 5.69 Å². The Balaban J connectivity index is 1.54. The van der Waals surface area contributed by atoms with Crippen LogP contribution in [0.1, 0.15) is 11.1 Å². The number of amides is 1. The fourth-order valence-electron chi connectivity index (χ4n) is 2.71. The lowest BCUT2D eigenvalue weighted by Crippen LogP contribution is -2.22. The first-order chi connectivity index (χ1) is 12.0. The zero-order chi connectivity index (χ0) is 17.8. The summed E-state index contributed by atoms with van der Waals surface area (Å²) in [6.07, 6.45) is 1.58. The molecule has 6 nitrogen and oxygen atoms in total. The smallest absolute Gasteiger partial charge is 0.326 e. The number of benzene rings is 2. The number of carbonyl (C=O) groups excluding carboxylic acids is 2. The van der Waals surface area contributed by atoms with E-state index >= 15 is 0 Å². The number of fused-ring (bicyclic) bond motifs is 1. The second kappa shape index (κ2) is 7.17. The van der Waals surface area contributed by atoms with Crippen LogP contribution in [0.5, 0.6) is 0 Å². The zero-order valence-corrected chi connectivity index (χ0v) is 14.2. The van der Waals surface area contributed by atoms with Gasteiger partial charge >= 0.3 is 5.97 Å². The summed E-state index contributed by atoms with van der Waals surface area (Å²) in [4.78, 5) is 28.1. The third-order valence-electron chi connectivity index (χ3n) is 3.70. The van der Waals surface area contributed by atoms with Crippen LogP contribution in [-0.2, 0) is 20.9 Å². The summed E-state index contributed by atoms with van der Waals surface area (Å²) in [6.45, 7) is 3.60. The van der Waals surface area contributed by atoms with Gasteiger partial charge in [0.25, 0.3) is 5.91 Å². The van der Waals surface area contributed by atoms with Crippen molar-refractivity contribution >= 4 is 28.6 Å². The Labute approximate surface area is 145 Å². The Morgan fingerprint density at radius 3 is 2.60 bits per heavy atom. The summed E-state index contributed by atoms with van der Waals surface area (Å²) in [5, 5.41) is 2.73. The molecule has 0 fully saturated rings. The topological polar surface area (TPSA) is 73.2 Å². The molecule has 6 heteroatoms. The first kappa shape index (κ1) is 16.7. The van der Waals surface area contributed by atoms with Crippen LogP contribution in [0.2, 0.25) is 0 Å². The van der Waals surface area contributed by atoms with Gasteiger partial charge < -0.3 is 14.6 Å². The van der Waals surface area contributed by atoms with Crippen molar-refractivity contribution in [1.29, 1.82) is 0 Å². The van der Waals surface area contributed by atoms with E-state index in [4.69, 9.17) is 4.74 Å². The Morgan fingerprint density at radius 1 is 1.12 bits per heavy atom. The molecule has 128 valence electrons. The number of ether oxygens (including phenoxy) is 1. The molecule has 0 aliphatic heterocycles. The Kier molecular flexibility index (Phi) is 4.79.